The molecule has 2 heterocycles. The van der Waals surface area contributed by atoms with Crippen molar-refractivity contribution in [1.29, 1.82) is 0 Å². The second-order valence-electron chi connectivity index (χ2n) is 6.83. The van der Waals surface area contributed by atoms with Crippen LogP contribution < -0.4 is 10.1 Å². The quantitative estimate of drug-likeness (QED) is 0.701. The van der Waals surface area contributed by atoms with E-state index in [1.165, 1.54) is 0 Å². The van der Waals surface area contributed by atoms with E-state index in [0.717, 1.165) is 11.1 Å². The van der Waals surface area contributed by atoms with Gasteiger partial charge in [-0.3, -0.25) is 4.79 Å². The number of carbonyl (C=O) groups excluding carboxylic acids is 1. The van der Waals surface area contributed by atoms with E-state index in [1.807, 2.05) is 72.4 Å². The van der Waals surface area contributed by atoms with Crippen molar-refractivity contribution in [2.24, 2.45) is 12.2 Å². The van der Waals surface area contributed by atoms with Crippen molar-refractivity contribution < 1.29 is 14.4 Å². The molecule has 7 nitrogen and oxygen atoms in total. The highest BCUT2D eigenvalue weighted by molar-refractivity contribution is 6.39. The van der Waals surface area contributed by atoms with Crippen LogP contribution in [0.3, 0.4) is 0 Å². The van der Waals surface area contributed by atoms with Crippen LogP contribution in [-0.4, -0.2) is 28.3 Å². The summed E-state index contributed by atoms with van der Waals surface area (Å²) >= 11 is 0. The summed E-state index contributed by atoms with van der Waals surface area (Å²) in [6.45, 7) is 0. The number of amides is 1. The molecule has 1 N–H and O–H groups in total. The molecular weight excluding hydrogens is 368 g/mol. The Balaban J connectivity index is 1.55. The number of aromatic nitrogens is 2. The zero-order valence-corrected chi connectivity index (χ0v) is 16.3. The fraction of sp³-hybridized carbons (Fsp3) is 0.227. The highest BCUT2D eigenvalue weighted by Gasteiger charge is 2.30. The molecule has 0 radical (unpaired) electrons. The molecular formula is C22H22N4O3. The van der Waals surface area contributed by atoms with Gasteiger partial charge in [0.05, 0.1) is 7.11 Å². The predicted molar refractivity (Wildman–Crippen MR) is 109 cm³/mol. The predicted octanol–water partition coefficient (Wildman–Crippen LogP) is 3.15. The number of rotatable bonds is 6. The molecule has 29 heavy (non-hydrogen) atoms. The lowest BCUT2D eigenvalue weighted by molar-refractivity contribution is -0.115. The fourth-order valence-corrected chi connectivity index (χ4v) is 3.35. The second-order valence-corrected chi connectivity index (χ2v) is 6.83. The smallest absolute Gasteiger partial charge is 0.270 e. The SMILES string of the molecule is COc1cccc(C(NC(=O)C2=NOC(c3ccccc3)C2)c2nccn2C)c1. The molecule has 4 rings (SSSR count). The van der Waals surface area contributed by atoms with Crippen LogP contribution in [0.4, 0.5) is 0 Å². The first kappa shape index (κ1) is 18.7. The molecule has 1 amide bonds. The van der Waals surface area contributed by atoms with E-state index in [0.29, 0.717) is 23.7 Å². The van der Waals surface area contributed by atoms with Crippen LogP contribution in [0.5, 0.6) is 5.75 Å². The molecule has 3 aromatic rings. The highest BCUT2D eigenvalue weighted by Crippen LogP contribution is 2.28. The van der Waals surface area contributed by atoms with Gasteiger partial charge in [-0.25, -0.2) is 4.98 Å². The van der Waals surface area contributed by atoms with E-state index in [2.05, 4.69) is 15.5 Å². The molecule has 0 spiro atoms. The van der Waals surface area contributed by atoms with E-state index in [9.17, 15) is 4.79 Å². The number of oxime groups is 1. The van der Waals surface area contributed by atoms with Crippen molar-refractivity contribution in [3.63, 3.8) is 0 Å². The van der Waals surface area contributed by atoms with Gasteiger partial charge < -0.3 is 19.5 Å². The molecule has 7 heteroatoms. The number of hydrogen-bond donors (Lipinski definition) is 1. The summed E-state index contributed by atoms with van der Waals surface area (Å²) in [6.07, 6.45) is 3.72. The average molecular weight is 390 g/mol. The zero-order valence-electron chi connectivity index (χ0n) is 16.3. The van der Waals surface area contributed by atoms with E-state index >= 15 is 0 Å². The molecule has 148 valence electrons. The fourth-order valence-electron chi connectivity index (χ4n) is 3.35. The van der Waals surface area contributed by atoms with Gasteiger partial charge >= 0.3 is 0 Å². The number of benzene rings is 2. The minimum atomic E-state index is -0.448. The minimum absolute atomic E-state index is 0.250. The summed E-state index contributed by atoms with van der Waals surface area (Å²) in [4.78, 5) is 22.9. The maximum atomic E-state index is 13.0. The Kier molecular flexibility index (Phi) is 5.29. The lowest BCUT2D eigenvalue weighted by Gasteiger charge is -2.19. The van der Waals surface area contributed by atoms with Crippen LogP contribution in [0.15, 0.2) is 72.1 Å². The number of carbonyl (C=O) groups is 1. The van der Waals surface area contributed by atoms with Crippen molar-refractivity contribution in [3.8, 4) is 5.75 Å². The minimum Gasteiger partial charge on any atom is -0.497 e. The topological polar surface area (TPSA) is 77.7 Å². The van der Waals surface area contributed by atoms with Gasteiger partial charge in [-0.1, -0.05) is 47.6 Å². The van der Waals surface area contributed by atoms with Crippen molar-refractivity contribution >= 4 is 11.6 Å². The number of imidazole rings is 1. The van der Waals surface area contributed by atoms with E-state index < -0.39 is 6.04 Å². The molecule has 0 bridgehead atoms. The molecule has 0 saturated heterocycles. The van der Waals surface area contributed by atoms with Crippen LogP contribution in [0, 0.1) is 0 Å². The molecule has 2 aromatic carbocycles. The normalized spacial score (nSPS) is 16.6. The van der Waals surface area contributed by atoms with E-state index in [4.69, 9.17) is 9.57 Å². The van der Waals surface area contributed by atoms with Gasteiger partial charge in [0.1, 0.15) is 23.3 Å². The van der Waals surface area contributed by atoms with Crippen LogP contribution in [0.2, 0.25) is 0 Å². The van der Waals surface area contributed by atoms with Crippen LogP contribution in [-0.2, 0) is 16.7 Å². The lowest BCUT2D eigenvalue weighted by atomic mass is 10.0. The standard InChI is InChI=1S/C22H22N4O3/c1-26-12-11-23-21(26)20(16-9-6-10-17(13-16)28-2)24-22(27)18-14-19(29-25-18)15-7-4-3-5-8-15/h3-13,19-20H,14H2,1-2H3,(H,24,27). The Morgan fingerprint density at radius 3 is 2.79 bits per heavy atom. The molecule has 0 aliphatic carbocycles. The lowest BCUT2D eigenvalue weighted by Crippen LogP contribution is -2.35. The molecule has 2 atom stereocenters. The Labute approximate surface area is 169 Å². The third-order valence-electron chi connectivity index (χ3n) is 4.92. The van der Waals surface area contributed by atoms with Crippen molar-refractivity contribution in [3.05, 3.63) is 83.9 Å². The monoisotopic (exact) mass is 390 g/mol. The van der Waals surface area contributed by atoms with E-state index in [-0.39, 0.29) is 12.0 Å². The summed E-state index contributed by atoms with van der Waals surface area (Å²) in [6, 6.07) is 16.9. The molecule has 0 fully saturated rings. The Hall–Kier alpha value is -3.61. The zero-order chi connectivity index (χ0) is 20.2. The Bertz CT molecular complexity index is 1030. The first-order chi connectivity index (χ1) is 14.2. The van der Waals surface area contributed by atoms with Gasteiger partial charge in [-0.15, -0.1) is 0 Å². The highest BCUT2D eigenvalue weighted by atomic mass is 16.6. The van der Waals surface area contributed by atoms with Crippen molar-refractivity contribution in [2.75, 3.05) is 7.11 Å². The van der Waals surface area contributed by atoms with Gasteiger partial charge in [-0.2, -0.15) is 0 Å². The van der Waals surface area contributed by atoms with Gasteiger partial charge in [0.2, 0.25) is 0 Å². The maximum absolute atomic E-state index is 13.0. The van der Waals surface area contributed by atoms with Crippen LogP contribution in [0.1, 0.15) is 35.5 Å². The number of nitrogens with zero attached hydrogens (tertiary/aromatic N) is 3. The number of nitrogens with one attached hydrogen (secondary N) is 1. The maximum Gasteiger partial charge on any atom is 0.270 e. The first-order valence-electron chi connectivity index (χ1n) is 9.35. The summed E-state index contributed by atoms with van der Waals surface area (Å²) in [5.74, 6) is 1.15. The largest absolute Gasteiger partial charge is 0.497 e. The second kappa shape index (κ2) is 8.18. The Morgan fingerprint density at radius 2 is 2.07 bits per heavy atom. The van der Waals surface area contributed by atoms with Crippen LogP contribution in [0.25, 0.3) is 0 Å². The number of aryl methyl sites for hydroxylation is 1. The summed E-state index contributed by atoms with van der Waals surface area (Å²) in [5.41, 5.74) is 2.22. The summed E-state index contributed by atoms with van der Waals surface area (Å²) in [7, 11) is 3.51. The summed E-state index contributed by atoms with van der Waals surface area (Å²) < 4.78 is 7.22. The number of ether oxygens (including phenoxy) is 1. The molecule has 1 aliphatic heterocycles. The average Bonchev–Trinajstić information content (AvgIpc) is 3.42. The molecule has 1 aromatic heterocycles. The van der Waals surface area contributed by atoms with E-state index in [1.54, 1.807) is 13.3 Å². The van der Waals surface area contributed by atoms with Gasteiger partial charge in [0, 0.05) is 25.9 Å². The Morgan fingerprint density at radius 1 is 1.24 bits per heavy atom. The van der Waals surface area contributed by atoms with Gasteiger partial charge in [-0.05, 0) is 23.3 Å². The van der Waals surface area contributed by atoms with Gasteiger partial charge in [0.25, 0.3) is 5.91 Å². The summed E-state index contributed by atoms with van der Waals surface area (Å²) in [5, 5.41) is 7.08. The van der Waals surface area contributed by atoms with Crippen molar-refractivity contribution in [2.45, 2.75) is 18.6 Å². The third-order valence-corrected chi connectivity index (χ3v) is 4.92. The third kappa shape index (κ3) is 3.99. The number of hydrogen-bond acceptors (Lipinski definition) is 5. The van der Waals surface area contributed by atoms with Crippen LogP contribution >= 0.6 is 0 Å². The van der Waals surface area contributed by atoms with Crippen molar-refractivity contribution in [1.82, 2.24) is 14.9 Å². The number of methoxy groups -OCH3 is 1. The molecule has 1 aliphatic rings. The molecule has 0 saturated carbocycles. The first-order valence-corrected chi connectivity index (χ1v) is 9.35. The molecule has 2 unspecified atom stereocenters. The van der Waals surface area contributed by atoms with Gasteiger partial charge in [0.15, 0.2) is 6.10 Å².